The highest BCUT2D eigenvalue weighted by molar-refractivity contribution is 7.80. The van der Waals surface area contributed by atoms with Gasteiger partial charge < -0.3 is 25.0 Å². The quantitative estimate of drug-likeness (QED) is 0.572. The van der Waals surface area contributed by atoms with Crippen LogP contribution in [0.15, 0.2) is 30.3 Å². The molecule has 0 spiro atoms. The Morgan fingerprint density at radius 3 is 2.70 bits per heavy atom. The standard InChI is InChI=1S/C24H32ClN5O2S/c1-17-5-3-4-12-30(17)20-15-21(31-2)28-22(27-20)29-23(33)26-16-24(10-13-32-14-11-24)18-6-8-19(25)9-7-18/h6-9,15,17H,3-5,10-14,16H2,1-2H3,(H2,26,27,28,29,33)/t17-/m0/s1. The Labute approximate surface area is 206 Å². The number of rotatable bonds is 6. The van der Waals surface area contributed by atoms with E-state index in [1.54, 1.807) is 7.11 Å². The van der Waals surface area contributed by atoms with Gasteiger partial charge in [-0.05, 0) is 68.9 Å². The Hall–Kier alpha value is -2.16. The minimum absolute atomic E-state index is 0.0712. The van der Waals surface area contributed by atoms with Crippen molar-refractivity contribution in [3.63, 3.8) is 0 Å². The third-order valence-corrected chi connectivity index (χ3v) is 7.21. The molecule has 1 aromatic carbocycles. The largest absolute Gasteiger partial charge is 0.481 e. The average Bonchev–Trinajstić information content (AvgIpc) is 2.84. The molecule has 2 aromatic rings. The summed E-state index contributed by atoms with van der Waals surface area (Å²) in [6, 6.07) is 10.4. The molecule has 0 unspecified atom stereocenters. The second-order valence-corrected chi connectivity index (χ2v) is 9.68. The highest BCUT2D eigenvalue weighted by Gasteiger charge is 2.34. The number of benzene rings is 1. The molecule has 2 aliphatic heterocycles. The van der Waals surface area contributed by atoms with Crippen LogP contribution in [0.1, 0.15) is 44.6 Å². The molecule has 0 radical (unpaired) electrons. The Kier molecular flexibility index (Phi) is 7.88. The summed E-state index contributed by atoms with van der Waals surface area (Å²) in [7, 11) is 1.62. The molecule has 3 heterocycles. The molecule has 0 saturated carbocycles. The first-order valence-corrected chi connectivity index (χ1v) is 12.4. The molecule has 2 N–H and O–H groups in total. The lowest BCUT2D eigenvalue weighted by molar-refractivity contribution is 0.0515. The van der Waals surface area contributed by atoms with Crippen molar-refractivity contribution in [3.05, 3.63) is 40.9 Å². The number of aromatic nitrogens is 2. The zero-order chi connectivity index (χ0) is 23.3. The van der Waals surface area contributed by atoms with Crippen molar-refractivity contribution in [3.8, 4) is 5.88 Å². The van der Waals surface area contributed by atoms with Crippen LogP contribution < -0.4 is 20.3 Å². The maximum Gasteiger partial charge on any atom is 0.234 e. The first-order chi connectivity index (χ1) is 16.0. The van der Waals surface area contributed by atoms with Gasteiger partial charge in [0.1, 0.15) is 5.82 Å². The molecular formula is C24H32ClN5O2S. The Balaban J connectivity index is 1.46. The van der Waals surface area contributed by atoms with Crippen LogP contribution in [0, 0.1) is 0 Å². The summed E-state index contributed by atoms with van der Waals surface area (Å²) in [6.45, 7) is 5.35. The highest BCUT2D eigenvalue weighted by Crippen LogP contribution is 2.35. The molecule has 0 bridgehead atoms. The van der Waals surface area contributed by atoms with Gasteiger partial charge in [0.05, 0.1) is 7.11 Å². The molecule has 2 aliphatic rings. The normalized spacial score (nSPS) is 20.2. The fourth-order valence-electron chi connectivity index (χ4n) is 4.69. The first-order valence-electron chi connectivity index (χ1n) is 11.6. The number of nitrogens with zero attached hydrogens (tertiary/aromatic N) is 3. The van der Waals surface area contributed by atoms with Crippen molar-refractivity contribution in [2.75, 3.05) is 43.6 Å². The number of anilines is 2. The monoisotopic (exact) mass is 489 g/mol. The molecule has 9 heteroatoms. The van der Waals surface area contributed by atoms with E-state index in [-0.39, 0.29) is 5.41 Å². The number of nitrogens with one attached hydrogen (secondary N) is 2. The van der Waals surface area contributed by atoms with E-state index >= 15 is 0 Å². The van der Waals surface area contributed by atoms with E-state index in [2.05, 4.69) is 39.6 Å². The maximum atomic E-state index is 6.12. The molecule has 178 valence electrons. The second kappa shape index (κ2) is 10.8. The second-order valence-electron chi connectivity index (χ2n) is 8.84. The zero-order valence-electron chi connectivity index (χ0n) is 19.3. The van der Waals surface area contributed by atoms with E-state index in [0.29, 0.717) is 29.5 Å². The lowest BCUT2D eigenvalue weighted by Crippen LogP contribution is -2.45. The van der Waals surface area contributed by atoms with Gasteiger partial charge >= 0.3 is 0 Å². The van der Waals surface area contributed by atoms with Crippen LogP contribution >= 0.6 is 23.8 Å². The number of thiocarbonyl (C=S) groups is 1. The van der Waals surface area contributed by atoms with Gasteiger partial charge in [-0.15, -0.1) is 0 Å². The van der Waals surface area contributed by atoms with Crippen LogP contribution in [0.4, 0.5) is 11.8 Å². The first kappa shape index (κ1) is 24.0. The van der Waals surface area contributed by atoms with Crippen LogP contribution in [0.3, 0.4) is 0 Å². The van der Waals surface area contributed by atoms with Crippen molar-refractivity contribution in [2.45, 2.75) is 50.5 Å². The average molecular weight is 490 g/mol. The van der Waals surface area contributed by atoms with Crippen molar-refractivity contribution >= 4 is 40.7 Å². The van der Waals surface area contributed by atoms with E-state index < -0.39 is 0 Å². The van der Waals surface area contributed by atoms with Gasteiger partial charge in [-0.1, -0.05) is 23.7 Å². The lowest BCUT2D eigenvalue weighted by Gasteiger charge is -2.38. The minimum Gasteiger partial charge on any atom is -0.481 e. The van der Waals surface area contributed by atoms with Crippen LogP contribution in [0.2, 0.25) is 5.02 Å². The molecule has 0 amide bonds. The smallest absolute Gasteiger partial charge is 0.234 e. The summed E-state index contributed by atoms with van der Waals surface area (Å²) in [5.41, 5.74) is 1.17. The number of halogens is 1. The third-order valence-electron chi connectivity index (χ3n) is 6.71. The fraction of sp³-hybridized carbons (Fsp3) is 0.542. The number of piperidine rings is 1. The Bertz CT molecular complexity index is 952. The van der Waals surface area contributed by atoms with Crippen molar-refractivity contribution in [2.24, 2.45) is 0 Å². The third kappa shape index (κ3) is 5.86. The SMILES string of the molecule is COc1cc(N2CCCC[C@@H]2C)nc(NC(=S)NCC2(c3ccc(Cl)cc3)CCOCC2)n1. The number of methoxy groups -OCH3 is 1. The van der Waals surface area contributed by atoms with Gasteiger partial charge in [-0.25, -0.2) is 0 Å². The molecule has 1 atom stereocenters. The van der Waals surface area contributed by atoms with Gasteiger partial charge in [0.15, 0.2) is 5.11 Å². The summed E-state index contributed by atoms with van der Waals surface area (Å²) in [5, 5.41) is 7.79. The van der Waals surface area contributed by atoms with Crippen LogP contribution in [-0.2, 0) is 10.2 Å². The number of ether oxygens (including phenoxy) is 2. The van der Waals surface area contributed by atoms with E-state index in [4.69, 9.17) is 38.3 Å². The molecule has 1 aromatic heterocycles. The van der Waals surface area contributed by atoms with Crippen LogP contribution in [0.25, 0.3) is 0 Å². The molecule has 33 heavy (non-hydrogen) atoms. The van der Waals surface area contributed by atoms with Crippen molar-refractivity contribution in [1.29, 1.82) is 0 Å². The summed E-state index contributed by atoms with van der Waals surface area (Å²) in [6.07, 6.45) is 5.40. The molecular weight excluding hydrogens is 458 g/mol. The molecule has 2 fully saturated rings. The molecule has 2 saturated heterocycles. The lowest BCUT2D eigenvalue weighted by atomic mass is 9.74. The Morgan fingerprint density at radius 1 is 1.24 bits per heavy atom. The van der Waals surface area contributed by atoms with E-state index in [1.807, 2.05) is 18.2 Å². The highest BCUT2D eigenvalue weighted by atomic mass is 35.5. The molecule has 7 nitrogen and oxygen atoms in total. The summed E-state index contributed by atoms with van der Waals surface area (Å²) in [5.74, 6) is 1.82. The van der Waals surface area contributed by atoms with Crippen molar-refractivity contribution in [1.82, 2.24) is 15.3 Å². The number of hydrogen-bond acceptors (Lipinski definition) is 6. The molecule has 4 rings (SSSR count). The van der Waals surface area contributed by atoms with E-state index in [9.17, 15) is 0 Å². The number of hydrogen-bond donors (Lipinski definition) is 2. The van der Waals surface area contributed by atoms with Crippen LogP contribution in [0.5, 0.6) is 5.88 Å². The molecule has 0 aliphatic carbocycles. The van der Waals surface area contributed by atoms with E-state index in [0.717, 1.165) is 56.3 Å². The fourth-order valence-corrected chi connectivity index (χ4v) is 4.98. The minimum atomic E-state index is -0.0712. The summed E-state index contributed by atoms with van der Waals surface area (Å²) in [4.78, 5) is 11.5. The topological polar surface area (TPSA) is 71.5 Å². The van der Waals surface area contributed by atoms with Gasteiger partial charge in [0.2, 0.25) is 11.8 Å². The van der Waals surface area contributed by atoms with Gasteiger partial charge in [0, 0.05) is 48.8 Å². The van der Waals surface area contributed by atoms with E-state index in [1.165, 1.54) is 12.0 Å². The summed E-state index contributed by atoms with van der Waals surface area (Å²) >= 11 is 11.7. The van der Waals surface area contributed by atoms with Gasteiger partial charge in [0.25, 0.3) is 0 Å². The van der Waals surface area contributed by atoms with Crippen molar-refractivity contribution < 1.29 is 9.47 Å². The Morgan fingerprint density at radius 2 is 2.00 bits per heavy atom. The predicted molar refractivity (Wildman–Crippen MR) is 137 cm³/mol. The zero-order valence-corrected chi connectivity index (χ0v) is 20.8. The maximum absolute atomic E-state index is 6.12. The van der Waals surface area contributed by atoms with Gasteiger partial charge in [-0.3, -0.25) is 0 Å². The predicted octanol–water partition coefficient (Wildman–Crippen LogP) is 4.55. The van der Waals surface area contributed by atoms with Crippen LogP contribution in [-0.4, -0.2) is 54.5 Å². The summed E-state index contributed by atoms with van der Waals surface area (Å²) < 4.78 is 11.1. The van der Waals surface area contributed by atoms with Gasteiger partial charge in [-0.2, -0.15) is 9.97 Å².